The van der Waals surface area contributed by atoms with Crippen molar-refractivity contribution in [1.82, 2.24) is 4.90 Å². The van der Waals surface area contributed by atoms with Crippen LogP contribution >= 0.6 is 0 Å². The van der Waals surface area contributed by atoms with Crippen LogP contribution in [0.2, 0.25) is 0 Å². The van der Waals surface area contributed by atoms with E-state index in [9.17, 15) is 22.8 Å². The van der Waals surface area contributed by atoms with Crippen LogP contribution in [0.5, 0.6) is 0 Å². The van der Waals surface area contributed by atoms with Gasteiger partial charge in [0, 0.05) is 20.3 Å². The van der Waals surface area contributed by atoms with E-state index in [0.29, 0.717) is 6.42 Å². The molecule has 0 radical (unpaired) electrons. The van der Waals surface area contributed by atoms with Gasteiger partial charge >= 0.3 is 12.1 Å². The van der Waals surface area contributed by atoms with Crippen LogP contribution in [0.4, 0.5) is 13.2 Å². The average molecular weight is 321 g/mol. The molecule has 0 atom stereocenters. The zero-order valence-electron chi connectivity index (χ0n) is 13.5. The van der Waals surface area contributed by atoms with E-state index in [1.807, 2.05) is 0 Å². The molecule has 0 aromatic carbocycles. The number of hydrogen-bond donors (Lipinski definition) is 0. The summed E-state index contributed by atoms with van der Waals surface area (Å²) < 4.78 is 44.5. The highest BCUT2D eigenvalue weighted by Gasteiger charge is 2.69. The highest BCUT2D eigenvalue weighted by Crippen LogP contribution is 2.59. The van der Waals surface area contributed by atoms with E-state index < -0.39 is 34.5 Å². The molecule has 4 nitrogen and oxygen atoms in total. The smallest absolute Gasteiger partial charge is 0.401 e. The van der Waals surface area contributed by atoms with Crippen molar-refractivity contribution in [3.05, 3.63) is 11.8 Å². The van der Waals surface area contributed by atoms with Gasteiger partial charge in [-0.3, -0.25) is 4.79 Å². The van der Waals surface area contributed by atoms with Crippen molar-refractivity contribution >= 4 is 11.8 Å². The van der Waals surface area contributed by atoms with Gasteiger partial charge in [-0.05, 0) is 33.1 Å². The zero-order valence-corrected chi connectivity index (χ0v) is 13.5. The Kier molecular flexibility index (Phi) is 4.99. The SMILES string of the molecule is CCC(C)(C)OC(=O)/C(=C\N(C)C)C(=O)C1(C(F)(F)F)CC1. The molecule has 1 aliphatic rings. The normalized spacial score (nSPS) is 17.9. The summed E-state index contributed by atoms with van der Waals surface area (Å²) >= 11 is 0. The summed E-state index contributed by atoms with van der Waals surface area (Å²) in [6, 6.07) is 0. The monoisotopic (exact) mass is 321 g/mol. The molecule has 0 N–H and O–H groups in total. The van der Waals surface area contributed by atoms with Gasteiger partial charge in [0.15, 0.2) is 5.78 Å². The molecule has 0 amide bonds. The van der Waals surface area contributed by atoms with Gasteiger partial charge in [-0.25, -0.2) is 4.79 Å². The second kappa shape index (κ2) is 5.93. The number of nitrogens with zero attached hydrogens (tertiary/aromatic N) is 1. The molecule has 1 saturated carbocycles. The maximum Gasteiger partial charge on any atom is 0.401 e. The molecule has 22 heavy (non-hydrogen) atoms. The Labute approximate surface area is 128 Å². The van der Waals surface area contributed by atoms with Crippen LogP contribution in [0.15, 0.2) is 11.8 Å². The number of carbonyl (C=O) groups is 2. The van der Waals surface area contributed by atoms with Crippen molar-refractivity contribution in [2.75, 3.05) is 14.1 Å². The van der Waals surface area contributed by atoms with Gasteiger partial charge in [0.1, 0.15) is 16.6 Å². The lowest BCUT2D eigenvalue weighted by Gasteiger charge is -2.25. The highest BCUT2D eigenvalue weighted by molar-refractivity contribution is 6.20. The summed E-state index contributed by atoms with van der Waals surface area (Å²) in [4.78, 5) is 25.9. The van der Waals surface area contributed by atoms with Crippen LogP contribution in [0.25, 0.3) is 0 Å². The second-order valence-corrected chi connectivity index (χ2v) is 6.42. The van der Waals surface area contributed by atoms with Gasteiger partial charge in [-0.15, -0.1) is 0 Å². The van der Waals surface area contributed by atoms with E-state index in [1.54, 1.807) is 20.8 Å². The molecule has 0 aromatic heterocycles. The fourth-order valence-corrected chi connectivity index (χ4v) is 1.86. The molecule has 0 heterocycles. The molecule has 1 rings (SSSR count). The molecule has 0 aliphatic heterocycles. The van der Waals surface area contributed by atoms with E-state index in [0.717, 1.165) is 6.20 Å². The maximum atomic E-state index is 13.1. The maximum absolute atomic E-state index is 13.1. The molecule has 1 aliphatic carbocycles. The summed E-state index contributed by atoms with van der Waals surface area (Å²) in [6.45, 7) is 5.06. The van der Waals surface area contributed by atoms with Gasteiger partial charge < -0.3 is 9.64 Å². The first-order chi connectivity index (χ1) is 9.86. The first kappa shape index (κ1) is 18.5. The van der Waals surface area contributed by atoms with Crippen LogP contribution in [0, 0.1) is 5.41 Å². The Bertz CT molecular complexity index is 489. The average Bonchev–Trinajstić information content (AvgIpc) is 3.15. The quantitative estimate of drug-likeness (QED) is 0.326. The number of Topliss-reactive ketones (excluding diaryl/α,β-unsaturated/α-hetero) is 1. The van der Waals surface area contributed by atoms with E-state index in [1.165, 1.54) is 19.0 Å². The van der Waals surface area contributed by atoms with E-state index >= 15 is 0 Å². The Morgan fingerprint density at radius 2 is 1.73 bits per heavy atom. The van der Waals surface area contributed by atoms with Gasteiger partial charge in [-0.1, -0.05) is 6.92 Å². The largest absolute Gasteiger partial charge is 0.456 e. The number of esters is 1. The van der Waals surface area contributed by atoms with Gasteiger partial charge in [0.25, 0.3) is 0 Å². The summed E-state index contributed by atoms with van der Waals surface area (Å²) in [5.41, 5.74) is -3.83. The fraction of sp³-hybridized carbons (Fsp3) is 0.733. The van der Waals surface area contributed by atoms with Gasteiger partial charge in [-0.2, -0.15) is 13.2 Å². The standard InChI is InChI=1S/C15H22F3NO3/c1-6-13(2,3)22-12(21)10(9-19(4)5)11(20)14(7-8-14)15(16,17)18/h9H,6-8H2,1-5H3/b10-9-. The van der Waals surface area contributed by atoms with E-state index in [2.05, 4.69) is 0 Å². The highest BCUT2D eigenvalue weighted by atomic mass is 19.4. The second-order valence-electron chi connectivity index (χ2n) is 6.42. The first-order valence-electron chi connectivity index (χ1n) is 7.09. The van der Waals surface area contributed by atoms with Crippen molar-refractivity contribution in [2.24, 2.45) is 5.41 Å². The van der Waals surface area contributed by atoms with Crippen LogP contribution in [-0.2, 0) is 14.3 Å². The minimum absolute atomic E-state index is 0.287. The van der Waals surface area contributed by atoms with Crippen molar-refractivity contribution in [2.45, 2.75) is 51.8 Å². The van der Waals surface area contributed by atoms with Crippen molar-refractivity contribution in [1.29, 1.82) is 0 Å². The zero-order chi connectivity index (χ0) is 17.3. The third-order valence-corrected chi connectivity index (χ3v) is 3.80. The number of hydrogen-bond acceptors (Lipinski definition) is 4. The number of rotatable bonds is 6. The van der Waals surface area contributed by atoms with Crippen LogP contribution in [0.3, 0.4) is 0 Å². The van der Waals surface area contributed by atoms with Crippen molar-refractivity contribution in [3.63, 3.8) is 0 Å². The molecule has 7 heteroatoms. The summed E-state index contributed by atoms with van der Waals surface area (Å²) in [7, 11) is 3.05. The van der Waals surface area contributed by atoms with E-state index in [4.69, 9.17) is 4.74 Å². The third kappa shape index (κ3) is 3.81. The lowest BCUT2D eigenvalue weighted by atomic mass is 9.94. The Balaban J connectivity index is 3.11. The minimum Gasteiger partial charge on any atom is -0.456 e. The predicted octanol–water partition coefficient (Wildman–Crippen LogP) is 3.08. The summed E-state index contributed by atoms with van der Waals surface area (Å²) in [6.07, 6.45) is -3.65. The lowest BCUT2D eigenvalue weighted by molar-refractivity contribution is -0.189. The number of halogens is 3. The van der Waals surface area contributed by atoms with Gasteiger partial charge in [0.2, 0.25) is 0 Å². The topological polar surface area (TPSA) is 46.6 Å². The van der Waals surface area contributed by atoms with E-state index in [-0.39, 0.29) is 12.8 Å². The van der Waals surface area contributed by atoms with Crippen LogP contribution < -0.4 is 0 Å². The fourth-order valence-electron chi connectivity index (χ4n) is 1.86. The molecular formula is C15H22F3NO3. The predicted molar refractivity (Wildman–Crippen MR) is 75.0 cm³/mol. The molecule has 0 spiro atoms. The third-order valence-electron chi connectivity index (χ3n) is 3.80. The number of ether oxygens (including phenoxy) is 1. The molecule has 0 saturated heterocycles. The Hall–Kier alpha value is -1.53. The van der Waals surface area contributed by atoms with Crippen molar-refractivity contribution in [3.8, 4) is 0 Å². The van der Waals surface area contributed by atoms with Gasteiger partial charge in [0.05, 0.1) is 0 Å². The molecule has 0 aromatic rings. The molecule has 0 bridgehead atoms. The molecule has 126 valence electrons. The van der Waals surface area contributed by atoms with Crippen LogP contribution in [-0.4, -0.2) is 42.5 Å². The molecule has 0 unspecified atom stereocenters. The minimum atomic E-state index is -4.66. The Morgan fingerprint density at radius 3 is 2.05 bits per heavy atom. The first-order valence-corrected chi connectivity index (χ1v) is 7.09. The molecular weight excluding hydrogens is 299 g/mol. The lowest BCUT2D eigenvalue weighted by Crippen LogP contribution is -2.38. The number of ketones is 1. The number of carbonyl (C=O) groups excluding carboxylic acids is 2. The molecule has 1 fully saturated rings. The summed E-state index contributed by atoms with van der Waals surface area (Å²) in [5, 5.41) is 0. The summed E-state index contributed by atoms with van der Waals surface area (Å²) in [5.74, 6) is -2.22. The van der Waals surface area contributed by atoms with Crippen LogP contribution in [0.1, 0.15) is 40.0 Å². The Morgan fingerprint density at radius 1 is 1.23 bits per heavy atom. The number of alkyl halides is 3. The van der Waals surface area contributed by atoms with Crippen molar-refractivity contribution < 1.29 is 27.5 Å².